The highest BCUT2D eigenvalue weighted by Crippen LogP contribution is 2.24. The normalized spacial score (nSPS) is 18.2. The first-order chi connectivity index (χ1) is 9.10. The van der Waals surface area contributed by atoms with Gasteiger partial charge in [0.25, 0.3) is 0 Å². The van der Waals surface area contributed by atoms with Crippen molar-refractivity contribution in [3.63, 3.8) is 0 Å². The van der Waals surface area contributed by atoms with Gasteiger partial charge in [0.15, 0.2) is 0 Å². The molecular weight excluding hydrogens is 313 g/mol. The van der Waals surface area contributed by atoms with Gasteiger partial charge in [-0.25, -0.2) is 0 Å². The van der Waals surface area contributed by atoms with E-state index in [9.17, 15) is 4.79 Å². The summed E-state index contributed by atoms with van der Waals surface area (Å²) in [6.07, 6.45) is 0.940. The second kappa shape index (κ2) is 8.97. The molecule has 1 aromatic rings. The summed E-state index contributed by atoms with van der Waals surface area (Å²) in [6.45, 7) is 3.44. The molecule has 1 aliphatic rings. The molecule has 1 unspecified atom stereocenters. The lowest BCUT2D eigenvalue weighted by Crippen LogP contribution is -2.44. The number of hydrogen-bond donors (Lipinski definition) is 2. The molecule has 1 fully saturated rings. The maximum Gasteiger partial charge on any atom is 0.236 e. The van der Waals surface area contributed by atoms with E-state index in [0.717, 1.165) is 30.9 Å². The lowest BCUT2D eigenvalue weighted by atomic mass is 10.2. The predicted molar refractivity (Wildman–Crippen MR) is 89.9 cm³/mol. The summed E-state index contributed by atoms with van der Waals surface area (Å²) in [6, 6.07) is 7.68. The fourth-order valence-corrected chi connectivity index (χ4v) is 2.25. The minimum absolute atomic E-state index is 0. The smallest absolute Gasteiger partial charge is 0.236 e. The Bertz CT molecular complexity index is 458. The van der Waals surface area contributed by atoms with Gasteiger partial charge < -0.3 is 20.7 Å². The molecule has 5 nitrogen and oxygen atoms in total. The Labute approximate surface area is 138 Å². The van der Waals surface area contributed by atoms with Crippen LogP contribution in [0.4, 0.5) is 5.69 Å². The van der Waals surface area contributed by atoms with Gasteiger partial charge in [-0.1, -0.05) is 6.07 Å². The molecule has 120 valence electrons. The predicted octanol–water partition coefficient (Wildman–Crippen LogP) is 1.58. The van der Waals surface area contributed by atoms with E-state index in [-0.39, 0.29) is 36.8 Å². The van der Waals surface area contributed by atoms with Crippen molar-refractivity contribution in [1.82, 2.24) is 5.32 Å². The van der Waals surface area contributed by atoms with Crippen LogP contribution in [-0.4, -0.2) is 38.2 Å². The number of amides is 1. The number of nitrogens with two attached hydrogens (primary N) is 1. The van der Waals surface area contributed by atoms with Gasteiger partial charge in [0.05, 0.1) is 13.2 Å². The van der Waals surface area contributed by atoms with Crippen LogP contribution in [0.3, 0.4) is 0 Å². The van der Waals surface area contributed by atoms with E-state index in [1.54, 1.807) is 14.0 Å². The van der Waals surface area contributed by atoms with Crippen molar-refractivity contribution in [3.8, 4) is 5.75 Å². The number of ether oxygens (including phenoxy) is 1. The monoisotopic (exact) mass is 335 g/mol. The fourth-order valence-electron chi connectivity index (χ4n) is 2.25. The van der Waals surface area contributed by atoms with E-state index in [1.165, 1.54) is 0 Å². The number of carbonyl (C=O) groups excluding carboxylic acids is 1. The number of halogens is 2. The molecule has 1 aromatic carbocycles. The van der Waals surface area contributed by atoms with Crippen LogP contribution in [0.25, 0.3) is 0 Å². The average Bonchev–Trinajstić information content (AvgIpc) is 2.87. The number of methoxy groups -OCH3 is 1. The Morgan fingerprint density at radius 3 is 2.81 bits per heavy atom. The zero-order chi connectivity index (χ0) is 13.8. The summed E-state index contributed by atoms with van der Waals surface area (Å²) in [5, 5.41) is 2.97. The first kappa shape index (κ1) is 19.8. The molecular formula is C14H23Cl2N3O2. The number of nitrogens with zero attached hydrogens (tertiary/aromatic N) is 1. The van der Waals surface area contributed by atoms with Crippen molar-refractivity contribution < 1.29 is 9.53 Å². The summed E-state index contributed by atoms with van der Waals surface area (Å²) in [4.78, 5) is 13.8. The second-order valence-corrected chi connectivity index (χ2v) is 4.93. The Morgan fingerprint density at radius 2 is 2.19 bits per heavy atom. The van der Waals surface area contributed by atoms with E-state index < -0.39 is 6.04 Å². The summed E-state index contributed by atoms with van der Waals surface area (Å²) >= 11 is 0. The van der Waals surface area contributed by atoms with Crippen LogP contribution in [0.5, 0.6) is 5.75 Å². The van der Waals surface area contributed by atoms with Crippen molar-refractivity contribution in [2.45, 2.75) is 25.4 Å². The first-order valence-corrected chi connectivity index (χ1v) is 6.55. The largest absolute Gasteiger partial charge is 0.497 e. The van der Waals surface area contributed by atoms with Gasteiger partial charge in [0.2, 0.25) is 5.91 Å². The van der Waals surface area contributed by atoms with Crippen molar-refractivity contribution in [3.05, 3.63) is 24.3 Å². The summed E-state index contributed by atoms with van der Waals surface area (Å²) < 4.78 is 5.22. The van der Waals surface area contributed by atoms with Gasteiger partial charge >= 0.3 is 0 Å². The van der Waals surface area contributed by atoms with Gasteiger partial charge in [-0.05, 0) is 25.5 Å². The highest BCUT2D eigenvalue weighted by Gasteiger charge is 2.24. The molecule has 0 saturated carbocycles. The Balaban J connectivity index is 0.00000200. The molecule has 1 heterocycles. The quantitative estimate of drug-likeness (QED) is 0.876. The van der Waals surface area contributed by atoms with Crippen LogP contribution in [-0.2, 0) is 4.79 Å². The van der Waals surface area contributed by atoms with Gasteiger partial charge in [-0.2, -0.15) is 0 Å². The van der Waals surface area contributed by atoms with Crippen molar-refractivity contribution in [2.75, 3.05) is 25.1 Å². The molecule has 1 saturated heterocycles. The van der Waals surface area contributed by atoms with Gasteiger partial charge in [0.1, 0.15) is 5.75 Å². The van der Waals surface area contributed by atoms with E-state index in [0.29, 0.717) is 0 Å². The molecule has 1 aliphatic heterocycles. The number of rotatable bonds is 4. The molecule has 1 amide bonds. The third-order valence-corrected chi connectivity index (χ3v) is 3.37. The first-order valence-electron chi connectivity index (χ1n) is 6.55. The fraction of sp³-hybridized carbons (Fsp3) is 0.500. The highest BCUT2D eigenvalue weighted by molar-refractivity contribution is 5.85. The molecule has 0 aliphatic carbocycles. The lowest BCUT2D eigenvalue weighted by Gasteiger charge is -2.20. The Morgan fingerprint density at radius 1 is 1.48 bits per heavy atom. The summed E-state index contributed by atoms with van der Waals surface area (Å²) in [5.41, 5.74) is 6.68. The van der Waals surface area contributed by atoms with E-state index in [1.807, 2.05) is 18.2 Å². The average molecular weight is 336 g/mol. The van der Waals surface area contributed by atoms with Crippen LogP contribution in [0.15, 0.2) is 24.3 Å². The number of carbonyl (C=O) groups is 1. The molecule has 2 atom stereocenters. The van der Waals surface area contributed by atoms with Crippen LogP contribution in [0.2, 0.25) is 0 Å². The third-order valence-electron chi connectivity index (χ3n) is 3.37. The minimum Gasteiger partial charge on any atom is -0.497 e. The van der Waals surface area contributed by atoms with Crippen molar-refractivity contribution in [1.29, 1.82) is 0 Å². The number of nitrogens with one attached hydrogen (secondary N) is 1. The standard InChI is InChI=1S/C14H21N3O2.2ClH/c1-10(15)14(18)16-11-6-7-17(9-11)12-4-3-5-13(8-12)19-2;;/h3-5,8,10-11H,6-7,9,15H2,1-2H3,(H,16,18);2*1H/t10-,11?;;/m1../s1. The van der Waals surface area contributed by atoms with Gasteiger partial charge in [0, 0.05) is 30.9 Å². The number of anilines is 1. The zero-order valence-corrected chi connectivity index (χ0v) is 13.9. The molecule has 0 spiro atoms. The van der Waals surface area contributed by atoms with Crippen LogP contribution >= 0.6 is 24.8 Å². The van der Waals surface area contributed by atoms with Gasteiger partial charge in [-0.3, -0.25) is 4.79 Å². The molecule has 3 N–H and O–H groups in total. The van der Waals surface area contributed by atoms with Crippen molar-refractivity contribution >= 4 is 36.4 Å². The maximum atomic E-state index is 11.6. The zero-order valence-electron chi connectivity index (χ0n) is 12.2. The molecule has 0 aromatic heterocycles. The van der Waals surface area contributed by atoms with Gasteiger partial charge in [-0.15, -0.1) is 24.8 Å². The Hall–Kier alpha value is -1.17. The SMILES string of the molecule is COc1cccc(N2CCC(NC(=O)[C@@H](C)N)C2)c1.Cl.Cl. The number of benzene rings is 1. The van der Waals surface area contributed by atoms with Crippen LogP contribution in [0, 0.1) is 0 Å². The summed E-state index contributed by atoms with van der Waals surface area (Å²) in [7, 11) is 1.66. The topological polar surface area (TPSA) is 67.6 Å². The summed E-state index contributed by atoms with van der Waals surface area (Å²) in [5.74, 6) is 0.762. The molecule has 2 rings (SSSR count). The minimum atomic E-state index is -0.453. The second-order valence-electron chi connectivity index (χ2n) is 4.93. The number of hydrogen-bond acceptors (Lipinski definition) is 4. The van der Waals surface area contributed by atoms with Crippen molar-refractivity contribution in [2.24, 2.45) is 5.73 Å². The molecule has 0 radical (unpaired) electrons. The molecule has 21 heavy (non-hydrogen) atoms. The van der Waals surface area contributed by atoms with Crippen LogP contribution < -0.4 is 20.7 Å². The highest BCUT2D eigenvalue weighted by atomic mass is 35.5. The maximum absolute atomic E-state index is 11.6. The third kappa shape index (κ3) is 5.26. The van der Waals surface area contributed by atoms with E-state index >= 15 is 0 Å². The Kier molecular flexibility index (Phi) is 8.47. The lowest BCUT2D eigenvalue weighted by molar-refractivity contribution is -0.122. The molecule has 0 bridgehead atoms. The van der Waals surface area contributed by atoms with E-state index in [2.05, 4.69) is 16.3 Å². The van der Waals surface area contributed by atoms with E-state index in [4.69, 9.17) is 10.5 Å². The van der Waals surface area contributed by atoms with Crippen LogP contribution in [0.1, 0.15) is 13.3 Å². The molecule has 7 heteroatoms.